The molecule has 3 atom stereocenters. The third-order valence-corrected chi connectivity index (χ3v) is 6.93. The van der Waals surface area contributed by atoms with Crippen LogP contribution in [0.1, 0.15) is 47.9 Å². The fourth-order valence-electron chi connectivity index (χ4n) is 4.92. The van der Waals surface area contributed by atoms with Gasteiger partial charge in [-0.05, 0) is 58.9 Å². The van der Waals surface area contributed by atoms with Crippen molar-refractivity contribution >= 4 is 11.8 Å². The van der Waals surface area contributed by atoms with Crippen molar-refractivity contribution < 1.29 is 40.6 Å². The Morgan fingerprint density at radius 2 is 1.73 bits per heavy atom. The molecule has 44 heavy (non-hydrogen) atoms. The summed E-state index contributed by atoms with van der Waals surface area (Å²) in [6.07, 6.45) is -1.30. The quantitative estimate of drug-likeness (QED) is 0.208. The van der Waals surface area contributed by atoms with Crippen molar-refractivity contribution in [3.05, 3.63) is 101 Å². The van der Waals surface area contributed by atoms with Gasteiger partial charge in [0.1, 0.15) is 17.5 Å². The van der Waals surface area contributed by atoms with E-state index in [4.69, 9.17) is 0 Å². The van der Waals surface area contributed by atoms with Crippen LogP contribution >= 0.6 is 0 Å². The van der Waals surface area contributed by atoms with Gasteiger partial charge in [0.2, 0.25) is 6.04 Å². The van der Waals surface area contributed by atoms with E-state index < -0.39 is 53.6 Å². The van der Waals surface area contributed by atoms with Gasteiger partial charge >= 0.3 is 6.18 Å². The molecule has 1 aromatic heterocycles. The van der Waals surface area contributed by atoms with Gasteiger partial charge in [-0.25, -0.2) is 13.2 Å². The second-order valence-electron chi connectivity index (χ2n) is 10.7. The lowest BCUT2D eigenvalue weighted by molar-refractivity contribution is -0.553. The average Bonchev–Trinajstić information content (AvgIpc) is 3.46. The first-order valence-corrected chi connectivity index (χ1v) is 13.7. The highest BCUT2D eigenvalue weighted by Crippen LogP contribution is 2.32. The number of aromatic nitrogens is 1. The van der Waals surface area contributed by atoms with Crippen molar-refractivity contribution in [2.24, 2.45) is 11.0 Å². The molecule has 0 saturated heterocycles. The van der Waals surface area contributed by atoms with Crippen LogP contribution in [0.4, 0.5) is 26.3 Å². The smallest absolute Gasteiger partial charge is 0.355 e. The largest absolute Gasteiger partial charge is 0.420 e. The summed E-state index contributed by atoms with van der Waals surface area (Å²) in [5.41, 5.74) is 0.875. The molecule has 7 nitrogen and oxygen atoms in total. The molecular weight excluding hydrogens is 588 g/mol. The number of rotatable bonds is 10. The van der Waals surface area contributed by atoms with Crippen molar-refractivity contribution in [1.29, 1.82) is 0 Å². The topological polar surface area (TPSA) is 86.5 Å². The molecule has 4 rings (SSSR count). The van der Waals surface area contributed by atoms with Gasteiger partial charge < -0.3 is 10.6 Å². The van der Waals surface area contributed by atoms with Crippen LogP contribution in [-0.4, -0.2) is 46.8 Å². The van der Waals surface area contributed by atoms with Crippen molar-refractivity contribution in [1.82, 2.24) is 15.6 Å². The van der Waals surface area contributed by atoms with E-state index in [0.717, 1.165) is 35.2 Å². The van der Waals surface area contributed by atoms with E-state index in [2.05, 4.69) is 20.7 Å². The number of nitrogens with zero attached hydrogens (tertiary/aromatic N) is 3. The van der Waals surface area contributed by atoms with E-state index in [1.807, 2.05) is 0 Å². The maximum Gasteiger partial charge on any atom is 0.420 e. The van der Waals surface area contributed by atoms with E-state index in [0.29, 0.717) is 17.2 Å². The first-order chi connectivity index (χ1) is 20.8. The number of hydrogen-bond donors (Lipinski definition) is 2. The van der Waals surface area contributed by atoms with Gasteiger partial charge in [0.25, 0.3) is 17.9 Å². The molecule has 2 amide bonds. The zero-order valence-electron chi connectivity index (χ0n) is 24.0. The van der Waals surface area contributed by atoms with Gasteiger partial charge in [-0.1, -0.05) is 30.7 Å². The monoisotopic (exact) mass is 618 g/mol. The molecule has 2 unspecified atom stereocenters. The second-order valence-corrected chi connectivity index (χ2v) is 10.7. The van der Waals surface area contributed by atoms with E-state index >= 15 is 0 Å². The highest BCUT2D eigenvalue weighted by atomic mass is 19.4. The Morgan fingerprint density at radius 1 is 1.02 bits per heavy atom. The minimum atomic E-state index is -4.64. The minimum absolute atomic E-state index is 0.122. The molecule has 1 aliphatic rings. The number of azo groups is 2. The van der Waals surface area contributed by atoms with Crippen LogP contribution in [0.3, 0.4) is 0 Å². The summed E-state index contributed by atoms with van der Waals surface area (Å²) in [5.74, 6) is -3.96. The molecule has 0 bridgehead atoms. The molecule has 3 aromatic rings. The number of alkyl halides is 3. The normalized spacial score (nSPS) is 16.0. The molecule has 2 heterocycles. The minimum Gasteiger partial charge on any atom is -0.355 e. The number of benzene rings is 2. The number of carbonyl (C=O) groups is 2. The summed E-state index contributed by atoms with van der Waals surface area (Å²) in [6.45, 7) is 3.59. The number of hydrogen-bond acceptors (Lipinski definition) is 4. The molecule has 0 spiro atoms. The number of halogens is 6. The van der Waals surface area contributed by atoms with Crippen LogP contribution in [-0.2, 0) is 11.2 Å². The summed E-state index contributed by atoms with van der Waals surface area (Å²) in [5, 5.41) is 8.85. The summed E-state index contributed by atoms with van der Waals surface area (Å²) in [7, 11) is 1.35. The first kappa shape index (κ1) is 32.4. The van der Waals surface area contributed by atoms with Crippen molar-refractivity contribution in [3.63, 3.8) is 0 Å². The van der Waals surface area contributed by atoms with Gasteiger partial charge in [-0.3, -0.25) is 14.6 Å². The highest BCUT2D eigenvalue weighted by molar-refractivity contribution is 5.95. The molecule has 13 heteroatoms. The van der Waals surface area contributed by atoms with Crippen LogP contribution < -0.4 is 10.6 Å². The Bertz CT molecular complexity index is 1580. The van der Waals surface area contributed by atoms with Gasteiger partial charge in [0.15, 0.2) is 6.20 Å². The van der Waals surface area contributed by atoms with E-state index in [1.165, 1.54) is 25.4 Å². The number of carbonyl (C=O) groups excluding carboxylic acids is 2. The second kappa shape index (κ2) is 13.4. The van der Waals surface area contributed by atoms with Crippen molar-refractivity contribution in [2.75, 3.05) is 7.05 Å². The lowest BCUT2D eigenvalue weighted by Crippen LogP contribution is -2.43. The molecule has 1 aliphatic heterocycles. The standard InChI is InChI=1S/C31H29F6N5O2/c1-17(2)11-26(42-10-8-27(41-42)31(35,36)37)30(44)40-25(14-18-12-20(32)16-21(33)13-18)28-22(5-4-9-39-28)19-6-7-24(34)23(15-19)29(43)38-3/h4-10,12-13,15-17,25-27H,11,14H2,1-3H3,(H-,38,40,43,44)/p+1/t25-,26?,27?/m0/s1. The fraction of sp³-hybridized carbons (Fsp3) is 0.323. The first-order valence-electron chi connectivity index (χ1n) is 13.7. The van der Waals surface area contributed by atoms with Crippen LogP contribution in [0.5, 0.6) is 0 Å². The Morgan fingerprint density at radius 3 is 2.34 bits per heavy atom. The molecule has 2 aromatic carbocycles. The van der Waals surface area contributed by atoms with Gasteiger partial charge in [-0.15, -0.1) is 0 Å². The lowest BCUT2D eigenvalue weighted by Gasteiger charge is -2.23. The molecular formula is C31H30F6N5O2+. The third-order valence-electron chi connectivity index (χ3n) is 6.93. The van der Waals surface area contributed by atoms with Crippen LogP contribution in [0, 0.1) is 23.4 Å². The van der Waals surface area contributed by atoms with Crippen molar-refractivity contribution in [3.8, 4) is 11.1 Å². The van der Waals surface area contributed by atoms with Crippen molar-refractivity contribution in [2.45, 2.75) is 51.0 Å². The summed E-state index contributed by atoms with van der Waals surface area (Å²) in [6, 6.07) is 5.57. The Labute approximate surface area is 249 Å². The number of nitrogens with one attached hydrogen (secondary N) is 2. The maximum atomic E-state index is 14.5. The Kier molecular flexibility index (Phi) is 9.85. The zero-order chi connectivity index (χ0) is 32.2. The molecule has 0 aliphatic carbocycles. The highest BCUT2D eigenvalue weighted by Gasteiger charge is 2.46. The fourth-order valence-corrected chi connectivity index (χ4v) is 4.92. The summed E-state index contributed by atoms with van der Waals surface area (Å²) < 4.78 is 83.8. The predicted molar refractivity (Wildman–Crippen MR) is 149 cm³/mol. The van der Waals surface area contributed by atoms with Crippen LogP contribution in [0.15, 0.2) is 72.1 Å². The SMILES string of the molecule is CNC(=O)c1cc(-c2cccnc2[C@H](Cc2cc(F)cc(F)c2)NC(=O)C(CC(C)C)[N+]2=NC(C(F)(F)F)C=C2)ccc1F. The van der Waals surface area contributed by atoms with E-state index in [1.54, 1.807) is 26.0 Å². The van der Waals surface area contributed by atoms with Gasteiger partial charge in [0.05, 0.1) is 17.3 Å². The lowest BCUT2D eigenvalue weighted by atomic mass is 9.93. The Balaban J connectivity index is 1.79. The van der Waals surface area contributed by atoms with E-state index in [9.17, 15) is 35.9 Å². The average molecular weight is 619 g/mol. The number of amides is 2. The molecule has 0 saturated carbocycles. The number of pyridine rings is 1. The summed E-state index contributed by atoms with van der Waals surface area (Å²) >= 11 is 0. The molecule has 0 fully saturated rings. The Hall–Kier alpha value is -4.55. The van der Waals surface area contributed by atoms with Gasteiger partial charge in [-0.2, -0.15) is 13.2 Å². The molecule has 0 radical (unpaired) electrons. The van der Waals surface area contributed by atoms with Gasteiger partial charge in [0, 0.05) is 37.4 Å². The van der Waals surface area contributed by atoms with Crippen LogP contribution in [0.25, 0.3) is 11.1 Å². The molecule has 232 valence electrons. The third kappa shape index (κ3) is 7.69. The maximum absolute atomic E-state index is 14.5. The predicted octanol–water partition coefficient (Wildman–Crippen LogP) is 6.26. The summed E-state index contributed by atoms with van der Waals surface area (Å²) in [4.78, 5) is 30.5. The van der Waals surface area contributed by atoms with Crippen LogP contribution in [0.2, 0.25) is 0 Å². The molecule has 2 N–H and O–H groups in total. The zero-order valence-corrected chi connectivity index (χ0v) is 24.0. The van der Waals surface area contributed by atoms with E-state index in [-0.39, 0.29) is 35.6 Å².